The number of sulfonamides is 1. The van der Waals surface area contributed by atoms with Gasteiger partial charge in [-0.25, -0.2) is 8.42 Å². The smallest absolute Gasteiger partial charge is 0.247 e. The summed E-state index contributed by atoms with van der Waals surface area (Å²) in [7, 11) is -0.905. The minimum Gasteiger partial charge on any atom is -0.495 e. The molecule has 1 aliphatic rings. The lowest BCUT2D eigenvalue weighted by molar-refractivity contribution is 0.371. The third-order valence-electron chi connectivity index (χ3n) is 4.82. The maximum atomic E-state index is 13.2. The van der Waals surface area contributed by atoms with Gasteiger partial charge >= 0.3 is 0 Å². The van der Waals surface area contributed by atoms with Gasteiger partial charge in [0.05, 0.1) is 19.2 Å². The van der Waals surface area contributed by atoms with Gasteiger partial charge in [-0.05, 0) is 24.6 Å². The molecule has 1 saturated heterocycles. The van der Waals surface area contributed by atoms with Crippen LogP contribution < -0.4 is 14.4 Å². The molecule has 0 bridgehead atoms. The van der Waals surface area contributed by atoms with E-state index in [0.717, 1.165) is 11.3 Å². The number of halogens is 2. The van der Waals surface area contributed by atoms with Crippen molar-refractivity contribution >= 4 is 38.9 Å². The lowest BCUT2D eigenvalue weighted by Gasteiger charge is -2.35. The summed E-state index contributed by atoms with van der Waals surface area (Å²) in [6.07, 6.45) is 0. The molecule has 6 nitrogen and oxygen atoms in total. The van der Waals surface area contributed by atoms with E-state index in [9.17, 15) is 8.42 Å². The second-order valence-corrected chi connectivity index (χ2v) is 9.18. The topological polar surface area (TPSA) is 59.1 Å². The maximum absolute atomic E-state index is 13.2. The van der Waals surface area contributed by atoms with Crippen LogP contribution in [-0.2, 0) is 10.0 Å². The second-order valence-electron chi connectivity index (χ2n) is 6.46. The van der Waals surface area contributed by atoms with E-state index < -0.39 is 10.0 Å². The molecule has 0 radical (unpaired) electrons. The predicted octanol–water partition coefficient (Wildman–Crippen LogP) is 3.83. The van der Waals surface area contributed by atoms with E-state index in [-0.39, 0.29) is 16.4 Å². The number of rotatable bonds is 5. The van der Waals surface area contributed by atoms with Crippen LogP contribution in [0.5, 0.6) is 11.5 Å². The van der Waals surface area contributed by atoms with Crippen LogP contribution in [0.2, 0.25) is 10.0 Å². The van der Waals surface area contributed by atoms with Crippen molar-refractivity contribution in [3.05, 3.63) is 45.9 Å². The molecule has 0 spiro atoms. The molecule has 0 saturated carbocycles. The fourth-order valence-corrected chi connectivity index (χ4v) is 5.12. The standard InChI is InChI=1S/C19H22Cl2N2O4S/c1-13-4-5-14(10-15(13)20)22-6-8-23(9-7-22)28(24,25)19-12-17(26-2)16(21)11-18(19)27-3/h4-5,10-12H,6-9H2,1-3H3. The number of anilines is 1. The van der Waals surface area contributed by atoms with Gasteiger partial charge in [-0.1, -0.05) is 29.3 Å². The van der Waals surface area contributed by atoms with Crippen molar-refractivity contribution in [2.24, 2.45) is 0 Å². The van der Waals surface area contributed by atoms with E-state index in [1.807, 2.05) is 25.1 Å². The Morgan fingerprint density at radius 2 is 1.54 bits per heavy atom. The highest BCUT2D eigenvalue weighted by molar-refractivity contribution is 7.89. The predicted molar refractivity (Wildman–Crippen MR) is 112 cm³/mol. The molecule has 3 rings (SSSR count). The van der Waals surface area contributed by atoms with E-state index in [1.165, 1.54) is 30.7 Å². The van der Waals surface area contributed by atoms with Crippen LogP contribution in [0.1, 0.15) is 5.56 Å². The first-order valence-corrected chi connectivity index (χ1v) is 10.9. The average molecular weight is 445 g/mol. The van der Waals surface area contributed by atoms with Crippen LogP contribution in [0.3, 0.4) is 0 Å². The SMILES string of the molecule is COc1cc(S(=O)(=O)N2CCN(c3ccc(C)c(Cl)c3)CC2)c(OC)cc1Cl. The van der Waals surface area contributed by atoms with E-state index in [1.54, 1.807) is 0 Å². The van der Waals surface area contributed by atoms with Crippen molar-refractivity contribution in [3.8, 4) is 11.5 Å². The van der Waals surface area contributed by atoms with Gasteiger partial charge in [-0.2, -0.15) is 4.31 Å². The van der Waals surface area contributed by atoms with Gasteiger partial charge in [0.2, 0.25) is 10.0 Å². The van der Waals surface area contributed by atoms with Gasteiger partial charge in [0, 0.05) is 49.0 Å². The van der Waals surface area contributed by atoms with Gasteiger partial charge in [-0.3, -0.25) is 0 Å². The molecule has 0 atom stereocenters. The van der Waals surface area contributed by atoms with Gasteiger partial charge < -0.3 is 14.4 Å². The number of piperazine rings is 1. The number of methoxy groups -OCH3 is 2. The Morgan fingerprint density at radius 3 is 2.11 bits per heavy atom. The maximum Gasteiger partial charge on any atom is 0.247 e. The van der Waals surface area contributed by atoms with E-state index in [2.05, 4.69) is 4.90 Å². The summed E-state index contributed by atoms with van der Waals surface area (Å²) >= 11 is 12.3. The fraction of sp³-hybridized carbons (Fsp3) is 0.368. The highest BCUT2D eigenvalue weighted by atomic mass is 35.5. The Kier molecular flexibility index (Phi) is 6.29. The quantitative estimate of drug-likeness (QED) is 0.700. The summed E-state index contributed by atoms with van der Waals surface area (Å²) < 4.78 is 38.3. The summed E-state index contributed by atoms with van der Waals surface area (Å²) in [5, 5.41) is 0.991. The Morgan fingerprint density at radius 1 is 0.893 bits per heavy atom. The number of benzene rings is 2. The summed E-state index contributed by atoms with van der Waals surface area (Å²) in [4.78, 5) is 2.17. The molecular weight excluding hydrogens is 423 g/mol. The van der Waals surface area contributed by atoms with Gasteiger partial charge in [0.1, 0.15) is 16.4 Å². The second kappa shape index (κ2) is 8.37. The number of ether oxygens (including phenoxy) is 2. The van der Waals surface area contributed by atoms with Crippen LogP contribution in [0.15, 0.2) is 35.2 Å². The van der Waals surface area contributed by atoms with Gasteiger partial charge in [0.25, 0.3) is 0 Å². The molecule has 9 heteroatoms. The Balaban J connectivity index is 1.82. The van der Waals surface area contributed by atoms with Crippen LogP contribution in [0, 0.1) is 6.92 Å². The molecule has 0 aromatic heterocycles. The first kappa shape index (κ1) is 21.0. The van der Waals surface area contributed by atoms with E-state index >= 15 is 0 Å². The van der Waals surface area contributed by atoms with Crippen molar-refractivity contribution in [2.75, 3.05) is 45.3 Å². The van der Waals surface area contributed by atoms with E-state index in [0.29, 0.717) is 36.2 Å². The molecule has 28 heavy (non-hydrogen) atoms. The molecule has 2 aromatic rings. The van der Waals surface area contributed by atoms with Crippen molar-refractivity contribution < 1.29 is 17.9 Å². The average Bonchev–Trinajstić information content (AvgIpc) is 2.69. The molecule has 0 aliphatic carbocycles. The zero-order valence-corrected chi connectivity index (χ0v) is 18.2. The molecule has 1 fully saturated rings. The fourth-order valence-electron chi connectivity index (χ4n) is 3.14. The molecule has 1 heterocycles. The molecule has 0 amide bonds. The first-order valence-electron chi connectivity index (χ1n) is 8.70. The van der Waals surface area contributed by atoms with Crippen LogP contribution in [0.4, 0.5) is 5.69 Å². The van der Waals surface area contributed by atoms with Crippen molar-refractivity contribution in [3.63, 3.8) is 0 Å². The molecule has 1 aliphatic heterocycles. The van der Waals surface area contributed by atoms with Crippen LogP contribution in [-0.4, -0.2) is 53.1 Å². The largest absolute Gasteiger partial charge is 0.495 e. The summed E-state index contributed by atoms with van der Waals surface area (Å²) in [6.45, 7) is 3.77. The van der Waals surface area contributed by atoms with Crippen molar-refractivity contribution in [2.45, 2.75) is 11.8 Å². The van der Waals surface area contributed by atoms with Gasteiger partial charge in [-0.15, -0.1) is 0 Å². The molecule has 0 unspecified atom stereocenters. The number of nitrogens with zero attached hydrogens (tertiary/aromatic N) is 2. The molecular formula is C19H22Cl2N2O4S. The monoisotopic (exact) mass is 444 g/mol. The minimum atomic E-state index is -3.76. The number of hydrogen-bond acceptors (Lipinski definition) is 5. The Hall–Kier alpha value is -1.67. The Labute approximate surface area is 175 Å². The van der Waals surface area contributed by atoms with Crippen LogP contribution >= 0.6 is 23.2 Å². The highest BCUT2D eigenvalue weighted by Gasteiger charge is 2.32. The lowest BCUT2D eigenvalue weighted by atomic mass is 10.2. The molecule has 152 valence electrons. The summed E-state index contributed by atoms with van der Waals surface area (Å²) in [5.74, 6) is 0.479. The number of aryl methyl sites for hydroxylation is 1. The zero-order chi connectivity index (χ0) is 20.5. The highest BCUT2D eigenvalue weighted by Crippen LogP contribution is 2.36. The zero-order valence-electron chi connectivity index (χ0n) is 15.9. The minimum absolute atomic E-state index is 0.0445. The molecule has 2 aromatic carbocycles. The van der Waals surface area contributed by atoms with Crippen molar-refractivity contribution in [1.82, 2.24) is 4.31 Å². The van der Waals surface area contributed by atoms with Crippen LogP contribution in [0.25, 0.3) is 0 Å². The summed E-state index contributed by atoms with van der Waals surface area (Å²) in [5.41, 5.74) is 1.99. The first-order chi connectivity index (χ1) is 13.3. The molecule has 0 N–H and O–H groups in total. The number of hydrogen-bond donors (Lipinski definition) is 0. The third-order valence-corrected chi connectivity index (χ3v) is 7.44. The van der Waals surface area contributed by atoms with E-state index in [4.69, 9.17) is 32.7 Å². The third kappa shape index (κ3) is 4.03. The summed E-state index contributed by atoms with van der Waals surface area (Å²) in [6, 6.07) is 8.73. The van der Waals surface area contributed by atoms with Crippen molar-refractivity contribution in [1.29, 1.82) is 0 Å². The lowest BCUT2D eigenvalue weighted by Crippen LogP contribution is -2.48. The normalized spacial score (nSPS) is 15.5. The van der Waals surface area contributed by atoms with Gasteiger partial charge in [0.15, 0.2) is 0 Å². The Bertz CT molecular complexity index is 974.